The quantitative estimate of drug-likeness (QED) is 0.846. The van der Waals surface area contributed by atoms with E-state index in [2.05, 4.69) is 16.7 Å². The lowest BCUT2D eigenvalue weighted by Gasteiger charge is -2.26. The molecule has 0 radical (unpaired) electrons. The van der Waals surface area contributed by atoms with Crippen LogP contribution in [0.15, 0.2) is 24.3 Å². The van der Waals surface area contributed by atoms with Crippen LogP contribution in [0.25, 0.3) is 0 Å². The Kier molecular flexibility index (Phi) is 3.69. The number of para-hydroxylation sites is 1. The molecule has 0 saturated heterocycles. The first-order valence-electron chi connectivity index (χ1n) is 7.05. The van der Waals surface area contributed by atoms with Crippen LogP contribution in [-0.2, 0) is 4.79 Å². The number of carbonyl (C=O) groups is 1. The van der Waals surface area contributed by atoms with Crippen LogP contribution < -0.4 is 15.4 Å². The van der Waals surface area contributed by atoms with Crippen LogP contribution in [-0.4, -0.2) is 25.6 Å². The van der Waals surface area contributed by atoms with E-state index in [0.717, 1.165) is 30.2 Å². The molecule has 3 rings (SSSR count). The van der Waals surface area contributed by atoms with E-state index in [1.165, 1.54) is 12.8 Å². The molecule has 19 heavy (non-hydrogen) atoms. The van der Waals surface area contributed by atoms with Gasteiger partial charge >= 0.3 is 0 Å². The molecule has 1 amide bonds. The van der Waals surface area contributed by atoms with E-state index >= 15 is 0 Å². The topological polar surface area (TPSA) is 50.4 Å². The third kappa shape index (κ3) is 3.26. The predicted molar refractivity (Wildman–Crippen MR) is 73.0 cm³/mol. The van der Waals surface area contributed by atoms with Gasteiger partial charge in [0.25, 0.3) is 0 Å². The molecule has 1 unspecified atom stereocenters. The van der Waals surface area contributed by atoms with Crippen LogP contribution in [0.5, 0.6) is 5.75 Å². The molecule has 0 spiro atoms. The SMILES string of the molecule is O=C(CNC1CCOc2ccccc21)NCC1CC1. The second-order valence-corrected chi connectivity index (χ2v) is 5.36. The van der Waals surface area contributed by atoms with Crippen molar-refractivity contribution in [3.8, 4) is 5.75 Å². The molecule has 2 N–H and O–H groups in total. The number of hydrogen-bond donors (Lipinski definition) is 2. The Bertz CT molecular complexity index is 457. The molecule has 0 aromatic heterocycles. The Labute approximate surface area is 113 Å². The fraction of sp³-hybridized carbons (Fsp3) is 0.533. The van der Waals surface area contributed by atoms with Gasteiger partial charge in [0.2, 0.25) is 5.91 Å². The van der Waals surface area contributed by atoms with Gasteiger partial charge in [0.1, 0.15) is 5.75 Å². The maximum absolute atomic E-state index is 11.7. The van der Waals surface area contributed by atoms with Crippen molar-refractivity contribution < 1.29 is 9.53 Å². The number of benzene rings is 1. The van der Waals surface area contributed by atoms with Gasteiger partial charge in [0.15, 0.2) is 0 Å². The lowest BCUT2D eigenvalue weighted by Crippen LogP contribution is -2.37. The third-order valence-corrected chi connectivity index (χ3v) is 3.75. The molecule has 1 atom stereocenters. The highest BCUT2D eigenvalue weighted by Gasteiger charge is 2.23. The number of fused-ring (bicyclic) bond motifs is 1. The van der Waals surface area contributed by atoms with E-state index < -0.39 is 0 Å². The van der Waals surface area contributed by atoms with Gasteiger partial charge in [-0.1, -0.05) is 18.2 Å². The molecular formula is C15H20N2O2. The second-order valence-electron chi connectivity index (χ2n) is 5.36. The molecule has 2 aliphatic rings. The minimum absolute atomic E-state index is 0.0934. The van der Waals surface area contributed by atoms with Crippen LogP contribution in [0.3, 0.4) is 0 Å². The maximum atomic E-state index is 11.7. The first-order chi connectivity index (χ1) is 9.33. The fourth-order valence-corrected chi connectivity index (χ4v) is 2.41. The van der Waals surface area contributed by atoms with Gasteiger partial charge in [-0.15, -0.1) is 0 Å². The van der Waals surface area contributed by atoms with Crippen molar-refractivity contribution in [2.75, 3.05) is 19.7 Å². The van der Waals surface area contributed by atoms with Crippen LogP contribution in [0.4, 0.5) is 0 Å². The van der Waals surface area contributed by atoms with Gasteiger partial charge in [-0.05, 0) is 24.8 Å². The minimum Gasteiger partial charge on any atom is -0.493 e. The first kappa shape index (κ1) is 12.5. The Hall–Kier alpha value is -1.55. The monoisotopic (exact) mass is 260 g/mol. The van der Waals surface area contributed by atoms with Crippen LogP contribution in [0, 0.1) is 5.92 Å². The van der Waals surface area contributed by atoms with E-state index in [9.17, 15) is 4.79 Å². The van der Waals surface area contributed by atoms with E-state index in [0.29, 0.717) is 13.2 Å². The highest BCUT2D eigenvalue weighted by atomic mass is 16.5. The standard InChI is InChI=1S/C15H20N2O2/c18-15(17-9-11-5-6-11)10-16-13-7-8-19-14-4-2-1-3-12(13)14/h1-4,11,13,16H,5-10H2,(H,17,18). The largest absolute Gasteiger partial charge is 0.493 e. The normalized spacial score (nSPS) is 21.4. The summed E-state index contributed by atoms with van der Waals surface area (Å²) < 4.78 is 5.61. The minimum atomic E-state index is 0.0934. The Balaban J connectivity index is 1.51. The molecule has 4 nitrogen and oxygen atoms in total. The maximum Gasteiger partial charge on any atom is 0.233 e. The highest BCUT2D eigenvalue weighted by molar-refractivity contribution is 5.78. The van der Waals surface area contributed by atoms with Crippen molar-refractivity contribution in [1.29, 1.82) is 0 Å². The van der Waals surface area contributed by atoms with Crippen molar-refractivity contribution >= 4 is 5.91 Å². The van der Waals surface area contributed by atoms with E-state index in [-0.39, 0.29) is 11.9 Å². The number of hydrogen-bond acceptors (Lipinski definition) is 3. The molecule has 1 aromatic rings. The first-order valence-corrected chi connectivity index (χ1v) is 7.05. The van der Waals surface area contributed by atoms with Gasteiger partial charge < -0.3 is 15.4 Å². The van der Waals surface area contributed by atoms with Crippen molar-refractivity contribution in [2.45, 2.75) is 25.3 Å². The molecule has 102 valence electrons. The van der Waals surface area contributed by atoms with E-state index in [1.54, 1.807) is 0 Å². The zero-order chi connectivity index (χ0) is 13.1. The summed E-state index contributed by atoms with van der Waals surface area (Å²) >= 11 is 0. The number of amides is 1. The molecule has 1 heterocycles. The van der Waals surface area contributed by atoms with Gasteiger partial charge in [0, 0.05) is 24.6 Å². The average Bonchev–Trinajstić information content (AvgIpc) is 3.27. The summed E-state index contributed by atoms with van der Waals surface area (Å²) in [5.74, 6) is 1.76. The molecular weight excluding hydrogens is 240 g/mol. The molecule has 1 aromatic carbocycles. The van der Waals surface area contributed by atoms with Crippen molar-refractivity contribution in [3.63, 3.8) is 0 Å². The van der Waals surface area contributed by atoms with E-state index in [4.69, 9.17) is 4.74 Å². The average molecular weight is 260 g/mol. The fourth-order valence-electron chi connectivity index (χ4n) is 2.41. The highest BCUT2D eigenvalue weighted by Crippen LogP contribution is 2.31. The molecule has 1 fully saturated rings. The zero-order valence-corrected chi connectivity index (χ0v) is 11.0. The lowest BCUT2D eigenvalue weighted by molar-refractivity contribution is -0.120. The second kappa shape index (κ2) is 5.61. The van der Waals surface area contributed by atoms with Crippen LogP contribution in [0.1, 0.15) is 30.9 Å². The summed E-state index contributed by atoms with van der Waals surface area (Å²) in [6.45, 7) is 1.93. The number of ether oxygens (including phenoxy) is 1. The zero-order valence-electron chi connectivity index (χ0n) is 11.0. The lowest BCUT2D eigenvalue weighted by atomic mass is 10.0. The molecule has 1 aliphatic carbocycles. The van der Waals surface area contributed by atoms with Gasteiger partial charge in [-0.25, -0.2) is 0 Å². The van der Waals surface area contributed by atoms with Crippen molar-refractivity contribution in [3.05, 3.63) is 29.8 Å². The summed E-state index contributed by atoms with van der Waals surface area (Å²) in [6.07, 6.45) is 3.44. The summed E-state index contributed by atoms with van der Waals surface area (Å²) in [6, 6.07) is 8.25. The van der Waals surface area contributed by atoms with E-state index in [1.807, 2.05) is 18.2 Å². The summed E-state index contributed by atoms with van der Waals surface area (Å²) in [7, 11) is 0. The molecule has 0 bridgehead atoms. The predicted octanol–water partition coefficient (Wildman–Crippen LogP) is 1.63. The molecule has 1 aliphatic heterocycles. The van der Waals surface area contributed by atoms with Crippen LogP contribution >= 0.6 is 0 Å². The molecule has 4 heteroatoms. The Morgan fingerprint density at radius 2 is 2.11 bits per heavy atom. The molecule has 1 saturated carbocycles. The van der Waals surface area contributed by atoms with Gasteiger partial charge in [-0.3, -0.25) is 4.79 Å². The summed E-state index contributed by atoms with van der Waals surface area (Å²) in [5.41, 5.74) is 1.16. The smallest absolute Gasteiger partial charge is 0.233 e. The van der Waals surface area contributed by atoms with Crippen LogP contribution in [0.2, 0.25) is 0 Å². The Morgan fingerprint density at radius 1 is 1.26 bits per heavy atom. The summed E-state index contributed by atoms with van der Waals surface area (Å²) in [4.78, 5) is 11.7. The van der Waals surface area contributed by atoms with Crippen molar-refractivity contribution in [1.82, 2.24) is 10.6 Å². The van der Waals surface area contributed by atoms with Crippen molar-refractivity contribution in [2.24, 2.45) is 5.92 Å². The third-order valence-electron chi connectivity index (χ3n) is 3.75. The number of rotatable bonds is 5. The van der Waals surface area contributed by atoms with Gasteiger partial charge in [-0.2, -0.15) is 0 Å². The summed E-state index contributed by atoms with van der Waals surface area (Å²) in [5, 5.41) is 6.31. The van der Waals surface area contributed by atoms with Gasteiger partial charge in [0.05, 0.1) is 13.2 Å². The number of nitrogens with one attached hydrogen (secondary N) is 2. The number of carbonyl (C=O) groups excluding carboxylic acids is 1. The Morgan fingerprint density at radius 3 is 2.95 bits per heavy atom.